The van der Waals surface area contributed by atoms with Gasteiger partial charge in [0.2, 0.25) is 10.0 Å². The summed E-state index contributed by atoms with van der Waals surface area (Å²) in [6.07, 6.45) is 3.07. The largest absolute Gasteiger partial charge is 0.241 e. The molecule has 0 amide bonds. The molecule has 3 aromatic rings. The van der Waals surface area contributed by atoms with Gasteiger partial charge in [0.1, 0.15) is 12.7 Å². The highest BCUT2D eigenvalue weighted by molar-refractivity contribution is 7.89. The molecule has 1 N–H and O–H groups in total. The van der Waals surface area contributed by atoms with E-state index >= 15 is 0 Å². The first kappa shape index (κ1) is 15.4. The number of sulfonamides is 1. The second kappa shape index (κ2) is 6.31. The van der Waals surface area contributed by atoms with E-state index < -0.39 is 10.0 Å². The van der Waals surface area contributed by atoms with Crippen LogP contribution in [0.1, 0.15) is 18.5 Å². The molecule has 0 spiro atoms. The van der Waals surface area contributed by atoms with E-state index in [2.05, 4.69) is 14.8 Å². The maximum Gasteiger partial charge on any atom is 0.241 e. The van der Waals surface area contributed by atoms with Crippen LogP contribution in [0.3, 0.4) is 0 Å². The van der Waals surface area contributed by atoms with E-state index in [-0.39, 0.29) is 10.9 Å². The molecule has 0 saturated heterocycles. The lowest BCUT2D eigenvalue weighted by Gasteiger charge is -2.15. The van der Waals surface area contributed by atoms with Crippen LogP contribution >= 0.6 is 0 Å². The average molecular weight is 328 g/mol. The van der Waals surface area contributed by atoms with E-state index in [0.29, 0.717) is 0 Å². The van der Waals surface area contributed by atoms with Crippen molar-refractivity contribution in [3.63, 3.8) is 0 Å². The Morgan fingerprint density at radius 2 is 1.74 bits per heavy atom. The van der Waals surface area contributed by atoms with Crippen LogP contribution < -0.4 is 4.72 Å². The van der Waals surface area contributed by atoms with Crippen molar-refractivity contribution in [3.05, 3.63) is 72.8 Å². The number of hydrogen-bond donors (Lipinski definition) is 1. The second-order valence-corrected chi connectivity index (χ2v) is 6.80. The van der Waals surface area contributed by atoms with Crippen molar-refractivity contribution in [2.75, 3.05) is 0 Å². The summed E-state index contributed by atoms with van der Waals surface area (Å²) in [7, 11) is -3.54. The molecular weight excluding hydrogens is 312 g/mol. The molecule has 1 unspecified atom stereocenters. The van der Waals surface area contributed by atoms with E-state index in [0.717, 1.165) is 11.3 Å². The van der Waals surface area contributed by atoms with Gasteiger partial charge >= 0.3 is 0 Å². The fraction of sp³-hybridized carbons (Fsp3) is 0.125. The molecule has 0 fully saturated rings. The normalized spacial score (nSPS) is 12.9. The highest BCUT2D eigenvalue weighted by Crippen LogP contribution is 2.18. The minimum absolute atomic E-state index is 0.256. The number of nitrogens with zero attached hydrogens (tertiary/aromatic N) is 3. The molecular formula is C16H16N4O2S. The highest BCUT2D eigenvalue weighted by atomic mass is 32.2. The van der Waals surface area contributed by atoms with Crippen LogP contribution in [0, 0.1) is 0 Å². The Morgan fingerprint density at radius 3 is 2.35 bits per heavy atom. The van der Waals surface area contributed by atoms with Crippen molar-refractivity contribution in [1.29, 1.82) is 0 Å². The Bertz CT molecular complexity index is 860. The molecule has 3 rings (SSSR count). The lowest BCUT2D eigenvalue weighted by molar-refractivity contribution is 0.567. The highest BCUT2D eigenvalue weighted by Gasteiger charge is 2.17. The molecule has 0 radical (unpaired) electrons. The number of hydrogen-bond acceptors (Lipinski definition) is 4. The molecule has 1 heterocycles. The third-order valence-corrected chi connectivity index (χ3v) is 5.02. The van der Waals surface area contributed by atoms with Crippen LogP contribution in [0.25, 0.3) is 5.69 Å². The minimum Gasteiger partial charge on any atom is -0.223 e. The summed E-state index contributed by atoms with van der Waals surface area (Å²) >= 11 is 0. The quantitative estimate of drug-likeness (QED) is 0.780. The van der Waals surface area contributed by atoms with Crippen LogP contribution in [0.4, 0.5) is 0 Å². The number of aromatic nitrogens is 3. The average Bonchev–Trinajstić information content (AvgIpc) is 3.10. The van der Waals surface area contributed by atoms with Crippen LogP contribution in [-0.4, -0.2) is 23.2 Å². The van der Waals surface area contributed by atoms with Gasteiger partial charge in [0.25, 0.3) is 0 Å². The Hall–Kier alpha value is -2.51. The zero-order chi connectivity index (χ0) is 16.3. The summed E-state index contributed by atoms with van der Waals surface area (Å²) in [6.45, 7) is 1.81. The zero-order valence-corrected chi connectivity index (χ0v) is 13.3. The van der Waals surface area contributed by atoms with Gasteiger partial charge < -0.3 is 0 Å². The summed E-state index contributed by atoms with van der Waals surface area (Å²) in [5.74, 6) is 0. The molecule has 0 aliphatic rings. The predicted molar refractivity (Wildman–Crippen MR) is 86.5 cm³/mol. The molecule has 0 saturated carbocycles. The number of benzene rings is 2. The maximum atomic E-state index is 12.3. The minimum atomic E-state index is -3.54. The molecule has 0 aliphatic carbocycles. The molecule has 6 nitrogen and oxygen atoms in total. The van der Waals surface area contributed by atoms with E-state index in [9.17, 15) is 8.42 Å². The molecule has 0 aliphatic heterocycles. The second-order valence-electron chi connectivity index (χ2n) is 5.09. The Kier molecular flexibility index (Phi) is 4.22. The number of nitrogens with one attached hydrogen (secondary N) is 1. The third kappa shape index (κ3) is 3.46. The van der Waals surface area contributed by atoms with Crippen molar-refractivity contribution in [2.45, 2.75) is 17.9 Å². The SMILES string of the molecule is CC(NS(=O)(=O)c1ccccc1)c1ccc(-n2cncn2)cc1. The summed E-state index contributed by atoms with van der Waals surface area (Å²) < 4.78 is 29.0. The maximum absolute atomic E-state index is 12.3. The predicted octanol–water partition coefficient (Wildman–Crippen LogP) is 2.31. The monoisotopic (exact) mass is 328 g/mol. The van der Waals surface area contributed by atoms with Crippen molar-refractivity contribution in [1.82, 2.24) is 19.5 Å². The van der Waals surface area contributed by atoms with Gasteiger partial charge in [-0.25, -0.2) is 22.8 Å². The molecule has 23 heavy (non-hydrogen) atoms. The van der Waals surface area contributed by atoms with Crippen LogP contribution in [0.15, 0.2) is 72.1 Å². The topological polar surface area (TPSA) is 76.9 Å². The van der Waals surface area contributed by atoms with Crippen molar-refractivity contribution >= 4 is 10.0 Å². The fourth-order valence-electron chi connectivity index (χ4n) is 2.23. The third-order valence-electron chi connectivity index (χ3n) is 3.46. The molecule has 118 valence electrons. The Morgan fingerprint density at radius 1 is 1.04 bits per heavy atom. The summed E-state index contributed by atoms with van der Waals surface area (Å²) in [4.78, 5) is 4.15. The molecule has 2 aromatic carbocycles. The van der Waals surface area contributed by atoms with Gasteiger partial charge in [-0.2, -0.15) is 5.10 Å². The summed E-state index contributed by atoms with van der Waals surface area (Å²) in [5, 5.41) is 4.05. The van der Waals surface area contributed by atoms with Gasteiger partial charge in [-0.3, -0.25) is 0 Å². The van der Waals surface area contributed by atoms with Gasteiger partial charge in [0.05, 0.1) is 10.6 Å². The van der Waals surface area contributed by atoms with Crippen LogP contribution in [0.2, 0.25) is 0 Å². The van der Waals surface area contributed by atoms with Crippen LogP contribution in [-0.2, 0) is 10.0 Å². The zero-order valence-electron chi connectivity index (χ0n) is 12.5. The molecule has 7 heteroatoms. The van der Waals surface area contributed by atoms with Gasteiger partial charge in [-0.15, -0.1) is 0 Å². The Labute approximate surface area is 134 Å². The van der Waals surface area contributed by atoms with Crippen molar-refractivity contribution in [3.8, 4) is 5.69 Å². The fourth-order valence-corrected chi connectivity index (χ4v) is 3.48. The van der Waals surface area contributed by atoms with E-state index in [1.54, 1.807) is 41.3 Å². The standard InChI is InChI=1S/C16H16N4O2S/c1-13(19-23(21,22)16-5-3-2-4-6-16)14-7-9-15(10-8-14)20-12-17-11-18-20/h2-13,19H,1H3. The lowest BCUT2D eigenvalue weighted by atomic mass is 10.1. The van der Waals surface area contributed by atoms with Gasteiger partial charge in [-0.05, 0) is 36.8 Å². The molecule has 1 atom stereocenters. The van der Waals surface area contributed by atoms with Gasteiger partial charge in [0, 0.05) is 6.04 Å². The van der Waals surface area contributed by atoms with Crippen molar-refractivity contribution in [2.24, 2.45) is 0 Å². The first-order valence-corrected chi connectivity index (χ1v) is 8.57. The molecule has 1 aromatic heterocycles. The summed E-state index contributed by atoms with van der Waals surface area (Å²) in [5.41, 5.74) is 1.73. The van der Waals surface area contributed by atoms with Crippen LogP contribution in [0.5, 0.6) is 0 Å². The van der Waals surface area contributed by atoms with Gasteiger partial charge in [-0.1, -0.05) is 30.3 Å². The summed E-state index contributed by atoms with van der Waals surface area (Å²) in [6, 6.07) is 15.5. The van der Waals surface area contributed by atoms with E-state index in [1.165, 1.54) is 6.33 Å². The van der Waals surface area contributed by atoms with Crippen molar-refractivity contribution < 1.29 is 8.42 Å². The lowest BCUT2D eigenvalue weighted by Crippen LogP contribution is -2.26. The number of rotatable bonds is 5. The van der Waals surface area contributed by atoms with E-state index in [1.807, 2.05) is 31.2 Å². The Balaban J connectivity index is 1.77. The van der Waals surface area contributed by atoms with Gasteiger partial charge in [0.15, 0.2) is 0 Å². The first-order chi connectivity index (χ1) is 11.1. The molecule has 0 bridgehead atoms. The first-order valence-electron chi connectivity index (χ1n) is 7.08. The smallest absolute Gasteiger partial charge is 0.223 e. The van der Waals surface area contributed by atoms with E-state index in [4.69, 9.17) is 0 Å².